The highest BCUT2D eigenvalue weighted by Crippen LogP contribution is 2.21. The second kappa shape index (κ2) is 8.68. The van der Waals surface area contributed by atoms with E-state index in [2.05, 4.69) is 5.32 Å². The molecule has 3 rings (SSSR count). The third-order valence-corrected chi connectivity index (χ3v) is 4.57. The lowest BCUT2D eigenvalue weighted by Crippen LogP contribution is -2.51. The summed E-state index contributed by atoms with van der Waals surface area (Å²) in [5, 5.41) is 2.80. The van der Waals surface area contributed by atoms with Crippen molar-refractivity contribution >= 4 is 17.5 Å². The zero-order valence-corrected chi connectivity index (χ0v) is 15.6. The molecule has 0 saturated carbocycles. The van der Waals surface area contributed by atoms with Crippen LogP contribution in [0.4, 0.5) is 5.69 Å². The van der Waals surface area contributed by atoms with E-state index in [0.29, 0.717) is 18.8 Å². The van der Waals surface area contributed by atoms with Crippen LogP contribution in [0, 0.1) is 13.8 Å². The van der Waals surface area contributed by atoms with E-state index in [4.69, 9.17) is 9.47 Å². The van der Waals surface area contributed by atoms with Crippen LogP contribution >= 0.6 is 0 Å². The van der Waals surface area contributed by atoms with Crippen molar-refractivity contribution in [3.05, 3.63) is 59.7 Å². The van der Waals surface area contributed by atoms with Gasteiger partial charge in [-0.15, -0.1) is 0 Å². The Morgan fingerprint density at radius 2 is 1.96 bits per heavy atom. The van der Waals surface area contributed by atoms with Crippen LogP contribution in [-0.4, -0.2) is 44.2 Å². The maximum atomic E-state index is 12.2. The van der Waals surface area contributed by atoms with Crippen LogP contribution in [0.2, 0.25) is 0 Å². The number of carbonyl (C=O) groups excluding carboxylic acids is 2. The molecule has 1 fully saturated rings. The van der Waals surface area contributed by atoms with Gasteiger partial charge in [0.1, 0.15) is 12.4 Å². The molecule has 1 saturated heterocycles. The molecule has 0 aliphatic carbocycles. The number of nitrogens with one attached hydrogen (secondary N) is 1. The van der Waals surface area contributed by atoms with Crippen LogP contribution in [0.25, 0.3) is 0 Å². The van der Waals surface area contributed by atoms with Gasteiger partial charge in [0.25, 0.3) is 11.8 Å². The quantitative estimate of drug-likeness (QED) is 0.849. The van der Waals surface area contributed by atoms with E-state index in [0.717, 1.165) is 11.3 Å². The Labute approximate surface area is 159 Å². The molecular weight excluding hydrogens is 344 g/mol. The van der Waals surface area contributed by atoms with E-state index in [9.17, 15) is 9.59 Å². The minimum Gasteiger partial charge on any atom is -0.484 e. The standard InChI is InChI=1S/C21H24N2O4/c1-15-8-9-17(10-16(15)2)23-12-19(27-14-21(23)25)11-22-20(24)13-26-18-6-4-3-5-7-18/h3-10,19H,11-14H2,1-2H3,(H,22,24). The number of anilines is 1. The van der Waals surface area contributed by atoms with Crippen LogP contribution < -0.4 is 15.0 Å². The monoisotopic (exact) mass is 368 g/mol. The Hall–Kier alpha value is -2.86. The van der Waals surface area contributed by atoms with E-state index in [-0.39, 0.29) is 31.1 Å². The summed E-state index contributed by atoms with van der Waals surface area (Å²) in [4.78, 5) is 25.9. The summed E-state index contributed by atoms with van der Waals surface area (Å²) >= 11 is 0. The minimum atomic E-state index is -0.259. The molecule has 1 heterocycles. The molecule has 1 unspecified atom stereocenters. The third kappa shape index (κ3) is 5.08. The zero-order valence-electron chi connectivity index (χ0n) is 15.6. The van der Waals surface area contributed by atoms with Crippen LogP contribution in [0.3, 0.4) is 0 Å². The predicted molar refractivity (Wildman–Crippen MR) is 103 cm³/mol. The molecule has 0 radical (unpaired) electrons. The number of ether oxygens (including phenoxy) is 2. The van der Waals surface area contributed by atoms with Crippen molar-refractivity contribution in [2.75, 3.05) is 31.2 Å². The number of amides is 2. The number of hydrogen-bond acceptors (Lipinski definition) is 4. The van der Waals surface area contributed by atoms with E-state index in [1.54, 1.807) is 17.0 Å². The Kier molecular flexibility index (Phi) is 6.08. The average molecular weight is 368 g/mol. The minimum absolute atomic E-state index is 0.00791. The maximum absolute atomic E-state index is 12.2. The van der Waals surface area contributed by atoms with Gasteiger partial charge in [-0.25, -0.2) is 0 Å². The van der Waals surface area contributed by atoms with Crippen LogP contribution in [0.1, 0.15) is 11.1 Å². The van der Waals surface area contributed by atoms with Gasteiger partial charge in [-0.2, -0.15) is 0 Å². The fraction of sp³-hybridized carbons (Fsp3) is 0.333. The topological polar surface area (TPSA) is 67.9 Å². The summed E-state index contributed by atoms with van der Waals surface area (Å²) < 4.78 is 11.0. The first-order valence-electron chi connectivity index (χ1n) is 8.96. The van der Waals surface area contributed by atoms with Gasteiger partial charge in [0.05, 0.1) is 12.6 Å². The molecule has 0 aromatic heterocycles. The van der Waals surface area contributed by atoms with E-state index < -0.39 is 0 Å². The summed E-state index contributed by atoms with van der Waals surface area (Å²) in [5.74, 6) is 0.346. The number of nitrogens with zero attached hydrogens (tertiary/aromatic N) is 1. The SMILES string of the molecule is Cc1ccc(N2CC(CNC(=O)COc3ccccc3)OCC2=O)cc1C. The normalized spacial score (nSPS) is 16.9. The lowest BCUT2D eigenvalue weighted by atomic mass is 10.1. The molecule has 1 aliphatic rings. The number of rotatable bonds is 6. The van der Waals surface area contributed by atoms with Crippen molar-refractivity contribution in [3.63, 3.8) is 0 Å². The molecule has 1 atom stereocenters. The third-order valence-electron chi connectivity index (χ3n) is 4.57. The fourth-order valence-corrected chi connectivity index (χ4v) is 2.84. The number of benzene rings is 2. The largest absolute Gasteiger partial charge is 0.484 e. The van der Waals surface area contributed by atoms with Crippen molar-refractivity contribution in [1.82, 2.24) is 5.32 Å². The van der Waals surface area contributed by atoms with Gasteiger partial charge < -0.3 is 19.7 Å². The highest BCUT2D eigenvalue weighted by molar-refractivity contribution is 5.95. The molecule has 6 heteroatoms. The van der Waals surface area contributed by atoms with Crippen LogP contribution in [-0.2, 0) is 14.3 Å². The molecule has 6 nitrogen and oxygen atoms in total. The highest BCUT2D eigenvalue weighted by Gasteiger charge is 2.27. The van der Waals surface area contributed by atoms with Crippen LogP contribution in [0.5, 0.6) is 5.75 Å². The van der Waals surface area contributed by atoms with Gasteiger partial charge in [-0.3, -0.25) is 9.59 Å². The van der Waals surface area contributed by atoms with Gasteiger partial charge >= 0.3 is 0 Å². The second-order valence-electron chi connectivity index (χ2n) is 6.61. The Morgan fingerprint density at radius 1 is 1.19 bits per heavy atom. The second-order valence-corrected chi connectivity index (χ2v) is 6.61. The molecule has 142 valence electrons. The van der Waals surface area contributed by atoms with Gasteiger partial charge in [-0.05, 0) is 49.2 Å². The van der Waals surface area contributed by atoms with Gasteiger partial charge in [0.2, 0.25) is 0 Å². The maximum Gasteiger partial charge on any atom is 0.258 e. The summed E-state index contributed by atoms with van der Waals surface area (Å²) in [5.41, 5.74) is 3.17. The lowest BCUT2D eigenvalue weighted by Gasteiger charge is -2.33. The number of para-hydroxylation sites is 1. The van der Waals surface area contributed by atoms with E-state index >= 15 is 0 Å². The van der Waals surface area contributed by atoms with Crippen LogP contribution in [0.15, 0.2) is 48.5 Å². The molecule has 0 bridgehead atoms. The number of morpholine rings is 1. The molecule has 1 N–H and O–H groups in total. The first-order chi connectivity index (χ1) is 13.0. The average Bonchev–Trinajstić information content (AvgIpc) is 2.68. The number of aryl methyl sites for hydroxylation is 2. The first kappa shape index (κ1) is 18.9. The first-order valence-corrected chi connectivity index (χ1v) is 8.96. The van der Waals surface area contributed by atoms with Crippen molar-refractivity contribution in [3.8, 4) is 5.75 Å². The molecule has 27 heavy (non-hydrogen) atoms. The van der Waals surface area contributed by atoms with Gasteiger partial charge in [-0.1, -0.05) is 24.3 Å². The van der Waals surface area contributed by atoms with Crippen molar-refractivity contribution in [2.45, 2.75) is 20.0 Å². The van der Waals surface area contributed by atoms with E-state index in [1.165, 1.54) is 5.56 Å². The smallest absolute Gasteiger partial charge is 0.258 e. The van der Waals surface area contributed by atoms with Crippen molar-refractivity contribution in [1.29, 1.82) is 0 Å². The predicted octanol–water partition coefficient (Wildman–Crippen LogP) is 2.23. The molecule has 2 aromatic rings. The molecule has 2 aromatic carbocycles. The molecule has 2 amide bonds. The lowest BCUT2D eigenvalue weighted by molar-refractivity contribution is -0.130. The molecular formula is C21H24N2O4. The molecule has 0 spiro atoms. The Balaban J connectivity index is 1.51. The summed E-state index contributed by atoms with van der Waals surface area (Å²) in [6.07, 6.45) is -0.259. The summed E-state index contributed by atoms with van der Waals surface area (Å²) in [6.45, 7) is 4.74. The van der Waals surface area contributed by atoms with Crippen molar-refractivity contribution in [2.24, 2.45) is 0 Å². The van der Waals surface area contributed by atoms with Gasteiger partial charge in [0, 0.05) is 12.2 Å². The van der Waals surface area contributed by atoms with Crippen molar-refractivity contribution < 1.29 is 19.1 Å². The van der Waals surface area contributed by atoms with Gasteiger partial charge in [0.15, 0.2) is 6.61 Å². The highest BCUT2D eigenvalue weighted by atomic mass is 16.5. The number of carbonyl (C=O) groups is 2. The number of hydrogen-bond donors (Lipinski definition) is 1. The zero-order chi connectivity index (χ0) is 19.2. The molecule has 1 aliphatic heterocycles. The fourth-order valence-electron chi connectivity index (χ4n) is 2.84. The Bertz CT molecular complexity index is 807. The Morgan fingerprint density at radius 3 is 2.70 bits per heavy atom. The summed E-state index contributed by atoms with van der Waals surface area (Å²) in [6, 6.07) is 15.1. The van der Waals surface area contributed by atoms with E-state index in [1.807, 2.05) is 50.2 Å². The summed E-state index contributed by atoms with van der Waals surface area (Å²) in [7, 11) is 0.